The summed E-state index contributed by atoms with van der Waals surface area (Å²) in [4.78, 5) is 0. The molecule has 1 unspecified atom stereocenters. The molecule has 0 amide bonds. The predicted octanol–water partition coefficient (Wildman–Crippen LogP) is 1.79. The minimum atomic E-state index is 0.329. The number of ether oxygens (including phenoxy) is 1. The van der Waals surface area contributed by atoms with Crippen molar-refractivity contribution >= 4 is 0 Å². The van der Waals surface area contributed by atoms with E-state index in [-0.39, 0.29) is 0 Å². The lowest BCUT2D eigenvalue weighted by Crippen LogP contribution is -2.07. The molecule has 9 heavy (non-hydrogen) atoms. The first kappa shape index (κ1) is 4.86. The Balaban J connectivity index is 2.31. The second-order valence-electron chi connectivity index (χ2n) is 2.26. The molecule has 0 aromatic rings. The molecule has 1 heterocycles. The van der Waals surface area contributed by atoms with Crippen molar-refractivity contribution in [1.82, 2.24) is 0 Å². The summed E-state index contributed by atoms with van der Waals surface area (Å²) in [6, 6.07) is 0. The molecule has 0 bridgehead atoms. The van der Waals surface area contributed by atoms with Crippen molar-refractivity contribution in [1.29, 1.82) is 0 Å². The molecule has 1 aliphatic heterocycles. The third-order valence-electron chi connectivity index (χ3n) is 1.65. The van der Waals surface area contributed by atoms with Gasteiger partial charge in [-0.05, 0) is 11.6 Å². The first-order valence-electron chi connectivity index (χ1n) is 3.15. The summed E-state index contributed by atoms with van der Waals surface area (Å²) in [5, 5.41) is 0. The van der Waals surface area contributed by atoms with Gasteiger partial charge in [-0.1, -0.05) is 18.2 Å². The van der Waals surface area contributed by atoms with E-state index in [2.05, 4.69) is 18.2 Å². The smallest absolute Gasteiger partial charge is 0.126 e. The Bertz CT molecular complexity index is 199. The molecule has 1 atom stereocenters. The van der Waals surface area contributed by atoms with Gasteiger partial charge in [0.15, 0.2) is 0 Å². The highest BCUT2D eigenvalue weighted by Crippen LogP contribution is 2.22. The van der Waals surface area contributed by atoms with Crippen molar-refractivity contribution in [3.63, 3.8) is 0 Å². The Morgan fingerprint density at radius 2 is 2.56 bits per heavy atom. The number of hydrogen-bond donors (Lipinski definition) is 0. The summed E-state index contributed by atoms with van der Waals surface area (Å²) in [6.07, 6.45) is 11.4. The van der Waals surface area contributed by atoms with Crippen LogP contribution in [0.15, 0.2) is 36.1 Å². The van der Waals surface area contributed by atoms with Crippen LogP contribution in [0.5, 0.6) is 0 Å². The van der Waals surface area contributed by atoms with Crippen molar-refractivity contribution < 1.29 is 4.74 Å². The Morgan fingerprint density at radius 1 is 1.56 bits per heavy atom. The minimum absolute atomic E-state index is 0.329. The maximum atomic E-state index is 5.26. The van der Waals surface area contributed by atoms with E-state index in [0.29, 0.717) is 6.10 Å². The number of fused-ring (bicyclic) bond motifs is 1. The highest BCUT2D eigenvalue weighted by molar-refractivity contribution is 5.33. The lowest BCUT2D eigenvalue weighted by Gasteiger charge is -2.11. The molecule has 0 saturated carbocycles. The van der Waals surface area contributed by atoms with Crippen LogP contribution in [0, 0.1) is 0 Å². The van der Waals surface area contributed by atoms with E-state index in [1.54, 1.807) is 6.26 Å². The van der Waals surface area contributed by atoms with Crippen LogP contribution in [0.1, 0.15) is 6.42 Å². The molecule has 0 spiro atoms. The van der Waals surface area contributed by atoms with Gasteiger partial charge < -0.3 is 4.74 Å². The van der Waals surface area contributed by atoms with Gasteiger partial charge in [0.2, 0.25) is 0 Å². The maximum absolute atomic E-state index is 5.26. The van der Waals surface area contributed by atoms with Gasteiger partial charge in [-0.3, -0.25) is 0 Å². The topological polar surface area (TPSA) is 9.23 Å². The number of rotatable bonds is 0. The van der Waals surface area contributed by atoms with Crippen LogP contribution in [0.4, 0.5) is 0 Å². The Hall–Kier alpha value is -0.980. The Morgan fingerprint density at radius 3 is 3.44 bits per heavy atom. The zero-order chi connectivity index (χ0) is 6.10. The third kappa shape index (κ3) is 0.689. The second kappa shape index (κ2) is 1.76. The number of allylic oxidation sites excluding steroid dienone is 2. The minimum Gasteiger partial charge on any atom is -0.493 e. The van der Waals surface area contributed by atoms with Crippen LogP contribution in [-0.2, 0) is 4.74 Å². The summed E-state index contributed by atoms with van der Waals surface area (Å²) in [5.41, 5.74) is 1.30. The van der Waals surface area contributed by atoms with Crippen LogP contribution in [-0.4, -0.2) is 6.10 Å². The number of hydrogen-bond acceptors (Lipinski definition) is 1. The summed E-state index contributed by atoms with van der Waals surface area (Å²) in [5.74, 6) is 0. The summed E-state index contributed by atoms with van der Waals surface area (Å²) in [6.45, 7) is 0. The molecule has 2 aliphatic rings. The van der Waals surface area contributed by atoms with Gasteiger partial charge in [0.25, 0.3) is 0 Å². The summed E-state index contributed by atoms with van der Waals surface area (Å²) >= 11 is 0. The molecular formula is C8H8O. The zero-order valence-electron chi connectivity index (χ0n) is 5.08. The van der Waals surface area contributed by atoms with E-state index in [9.17, 15) is 0 Å². The van der Waals surface area contributed by atoms with Gasteiger partial charge in [0, 0.05) is 6.42 Å². The van der Waals surface area contributed by atoms with Crippen LogP contribution < -0.4 is 0 Å². The monoisotopic (exact) mass is 120 g/mol. The van der Waals surface area contributed by atoms with Gasteiger partial charge in [-0.15, -0.1) is 0 Å². The third-order valence-corrected chi connectivity index (χ3v) is 1.65. The first-order valence-corrected chi connectivity index (χ1v) is 3.15. The van der Waals surface area contributed by atoms with Crippen molar-refractivity contribution in [3.8, 4) is 0 Å². The van der Waals surface area contributed by atoms with E-state index in [4.69, 9.17) is 4.74 Å². The molecule has 0 fully saturated rings. The van der Waals surface area contributed by atoms with Crippen LogP contribution >= 0.6 is 0 Å². The molecular weight excluding hydrogens is 112 g/mol. The van der Waals surface area contributed by atoms with E-state index in [1.807, 2.05) is 6.08 Å². The van der Waals surface area contributed by atoms with Gasteiger partial charge in [0.05, 0.1) is 6.26 Å². The fraction of sp³-hybridized carbons (Fsp3) is 0.250. The maximum Gasteiger partial charge on any atom is 0.126 e. The van der Waals surface area contributed by atoms with Gasteiger partial charge in [0.1, 0.15) is 6.10 Å². The summed E-state index contributed by atoms with van der Waals surface area (Å²) < 4.78 is 5.26. The molecule has 0 radical (unpaired) electrons. The fourth-order valence-corrected chi connectivity index (χ4v) is 1.13. The van der Waals surface area contributed by atoms with E-state index >= 15 is 0 Å². The average Bonchev–Trinajstić information content (AvgIpc) is 2.33. The van der Waals surface area contributed by atoms with Crippen LogP contribution in [0.2, 0.25) is 0 Å². The van der Waals surface area contributed by atoms with Crippen molar-refractivity contribution in [2.24, 2.45) is 0 Å². The van der Waals surface area contributed by atoms with Crippen molar-refractivity contribution in [2.75, 3.05) is 0 Å². The molecule has 0 N–H and O–H groups in total. The lowest BCUT2D eigenvalue weighted by molar-refractivity contribution is 0.198. The van der Waals surface area contributed by atoms with Crippen LogP contribution in [0.25, 0.3) is 0 Å². The second-order valence-corrected chi connectivity index (χ2v) is 2.26. The van der Waals surface area contributed by atoms with Crippen molar-refractivity contribution in [2.45, 2.75) is 12.5 Å². The predicted molar refractivity (Wildman–Crippen MR) is 35.9 cm³/mol. The summed E-state index contributed by atoms with van der Waals surface area (Å²) in [7, 11) is 0. The standard InChI is InChI=1S/C8H8O/c1-2-4-8-7(3-1)5-6-9-8/h1-3,5-6,8H,4H2. The molecule has 0 aromatic carbocycles. The largest absolute Gasteiger partial charge is 0.493 e. The first-order chi connectivity index (χ1) is 4.47. The highest BCUT2D eigenvalue weighted by atomic mass is 16.5. The molecule has 1 nitrogen and oxygen atoms in total. The van der Waals surface area contributed by atoms with E-state index in [1.165, 1.54) is 5.57 Å². The van der Waals surface area contributed by atoms with Gasteiger partial charge >= 0.3 is 0 Å². The average molecular weight is 120 g/mol. The van der Waals surface area contributed by atoms with Gasteiger partial charge in [-0.2, -0.15) is 0 Å². The van der Waals surface area contributed by atoms with Gasteiger partial charge in [-0.25, -0.2) is 0 Å². The molecule has 1 heteroatoms. The molecule has 2 rings (SSSR count). The molecule has 0 aromatic heterocycles. The highest BCUT2D eigenvalue weighted by Gasteiger charge is 2.16. The Labute approximate surface area is 54.3 Å². The molecule has 0 saturated heterocycles. The van der Waals surface area contributed by atoms with Crippen LogP contribution in [0.3, 0.4) is 0 Å². The fourth-order valence-electron chi connectivity index (χ4n) is 1.13. The van der Waals surface area contributed by atoms with E-state index in [0.717, 1.165) is 6.42 Å². The normalized spacial score (nSPS) is 29.3. The Kier molecular flexibility index (Phi) is 0.950. The molecule has 1 aliphatic carbocycles. The lowest BCUT2D eigenvalue weighted by atomic mass is 10.0. The molecule has 46 valence electrons. The van der Waals surface area contributed by atoms with Crippen molar-refractivity contribution in [3.05, 3.63) is 36.1 Å². The van der Waals surface area contributed by atoms with E-state index < -0.39 is 0 Å². The SMILES string of the molecule is C1=CCC2OC=CC2=C1. The quantitative estimate of drug-likeness (QED) is 0.473. The zero-order valence-corrected chi connectivity index (χ0v) is 5.08.